The molecule has 1 nitrogen and oxygen atoms in total. The maximum Gasteiger partial charge on any atom is 0.0367 e. The van der Waals surface area contributed by atoms with Crippen LogP contribution in [0.3, 0.4) is 0 Å². The molecule has 38 valence electrons. The Bertz CT molecular complexity index is 54.8. The SMILES string of the molecule is C[S@@](=O)CCCl. The summed E-state index contributed by atoms with van der Waals surface area (Å²) in [5, 5.41) is 0. The van der Waals surface area contributed by atoms with Gasteiger partial charge in [-0.2, -0.15) is 0 Å². The summed E-state index contributed by atoms with van der Waals surface area (Å²) >= 11 is 5.20. The van der Waals surface area contributed by atoms with E-state index in [1.807, 2.05) is 0 Å². The zero-order valence-electron chi connectivity index (χ0n) is 3.61. The van der Waals surface area contributed by atoms with E-state index in [1.165, 1.54) is 0 Å². The average Bonchev–Trinajstić information content (AvgIpc) is 1.35. The number of alkyl halides is 1. The van der Waals surface area contributed by atoms with Crippen LogP contribution >= 0.6 is 11.6 Å². The van der Waals surface area contributed by atoms with E-state index >= 15 is 0 Å². The predicted octanol–water partition coefficient (Wildman–Crippen LogP) is 0.604. The molecule has 3 heteroatoms. The van der Waals surface area contributed by atoms with Crippen molar-refractivity contribution in [2.45, 2.75) is 0 Å². The van der Waals surface area contributed by atoms with E-state index < -0.39 is 10.8 Å². The van der Waals surface area contributed by atoms with Gasteiger partial charge in [-0.15, -0.1) is 11.6 Å². The van der Waals surface area contributed by atoms with Gasteiger partial charge in [-0.1, -0.05) is 0 Å². The molecule has 0 rings (SSSR count). The summed E-state index contributed by atoms with van der Waals surface area (Å²) < 4.78 is 10.1. The molecule has 0 aliphatic heterocycles. The van der Waals surface area contributed by atoms with Crippen molar-refractivity contribution in [2.75, 3.05) is 17.9 Å². The Morgan fingerprint density at radius 3 is 2.33 bits per heavy atom. The third kappa shape index (κ3) is 4.44. The molecule has 0 radical (unpaired) electrons. The Kier molecular flexibility index (Phi) is 3.89. The van der Waals surface area contributed by atoms with Gasteiger partial charge in [0.1, 0.15) is 0 Å². The standard InChI is InChI=1S/C3H7ClOS/c1-6(5)3-2-4/h2-3H2,1H3/t6-/m1/s1. The van der Waals surface area contributed by atoms with Crippen LogP contribution in [0.1, 0.15) is 0 Å². The highest BCUT2D eigenvalue weighted by Gasteiger charge is 1.82. The van der Waals surface area contributed by atoms with Crippen molar-refractivity contribution < 1.29 is 4.21 Å². The largest absolute Gasteiger partial charge is 0.260 e. The fourth-order valence-electron chi connectivity index (χ4n) is 0.109. The van der Waals surface area contributed by atoms with Gasteiger partial charge in [-0.05, 0) is 0 Å². The van der Waals surface area contributed by atoms with Crippen molar-refractivity contribution in [3.63, 3.8) is 0 Å². The third-order valence-electron chi connectivity index (χ3n) is 0.365. The van der Waals surface area contributed by atoms with E-state index in [1.54, 1.807) is 6.26 Å². The summed E-state index contributed by atoms with van der Waals surface area (Å²) in [5.41, 5.74) is 0. The summed E-state index contributed by atoms with van der Waals surface area (Å²) in [7, 11) is -0.698. The van der Waals surface area contributed by atoms with E-state index in [9.17, 15) is 4.21 Å². The second-order valence-electron chi connectivity index (χ2n) is 0.966. The van der Waals surface area contributed by atoms with Gasteiger partial charge in [0.15, 0.2) is 0 Å². The Hall–Kier alpha value is 0.440. The number of rotatable bonds is 2. The smallest absolute Gasteiger partial charge is 0.0367 e. The Morgan fingerprint density at radius 1 is 1.83 bits per heavy atom. The Morgan fingerprint density at radius 2 is 2.33 bits per heavy atom. The van der Waals surface area contributed by atoms with E-state index in [0.717, 1.165) is 0 Å². The first kappa shape index (κ1) is 6.44. The molecule has 0 aromatic carbocycles. The second-order valence-corrected chi connectivity index (χ2v) is 2.90. The van der Waals surface area contributed by atoms with Gasteiger partial charge in [-0.25, -0.2) is 0 Å². The number of hydrogen-bond donors (Lipinski definition) is 0. The molecule has 0 aromatic rings. The molecule has 0 aliphatic carbocycles. The molecule has 0 fully saturated rings. The maximum atomic E-state index is 10.1. The van der Waals surface area contributed by atoms with Crippen molar-refractivity contribution in [1.82, 2.24) is 0 Å². The van der Waals surface area contributed by atoms with Crippen molar-refractivity contribution in [2.24, 2.45) is 0 Å². The normalized spacial score (nSPS) is 14.3. The molecule has 0 N–H and O–H groups in total. The first-order valence-electron chi connectivity index (χ1n) is 1.63. The number of halogens is 1. The summed E-state index contributed by atoms with van der Waals surface area (Å²) in [6.45, 7) is 0. The van der Waals surface area contributed by atoms with Gasteiger partial charge in [0.2, 0.25) is 0 Å². The van der Waals surface area contributed by atoms with E-state index in [4.69, 9.17) is 11.6 Å². The fraction of sp³-hybridized carbons (Fsp3) is 1.00. The van der Waals surface area contributed by atoms with Crippen LogP contribution in [0.15, 0.2) is 0 Å². The summed E-state index contributed by atoms with van der Waals surface area (Å²) in [5.74, 6) is 1.12. The van der Waals surface area contributed by atoms with Gasteiger partial charge < -0.3 is 0 Å². The van der Waals surface area contributed by atoms with Crippen molar-refractivity contribution in [1.29, 1.82) is 0 Å². The Balaban J connectivity index is 2.83. The summed E-state index contributed by atoms with van der Waals surface area (Å²) in [4.78, 5) is 0. The quantitative estimate of drug-likeness (QED) is 0.496. The maximum absolute atomic E-state index is 10.1. The molecule has 0 spiro atoms. The van der Waals surface area contributed by atoms with Crippen LogP contribution in [-0.2, 0) is 10.8 Å². The van der Waals surface area contributed by atoms with Crippen molar-refractivity contribution in [3.05, 3.63) is 0 Å². The topological polar surface area (TPSA) is 17.1 Å². The molecule has 0 bridgehead atoms. The van der Waals surface area contributed by atoms with Crippen LogP contribution in [-0.4, -0.2) is 22.1 Å². The molecule has 0 saturated heterocycles. The van der Waals surface area contributed by atoms with Gasteiger partial charge in [-0.3, -0.25) is 4.21 Å². The second kappa shape index (κ2) is 3.62. The number of hydrogen-bond acceptors (Lipinski definition) is 1. The van der Waals surface area contributed by atoms with Gasteiger partial charge in [0.05, 0.1) is 0 Å². The van der Waals surface area contributed by atoms with Gasteiger partial charge >= 0.3 is 0 Å². The molecular weight excluding hydrogens is 120 g/mol. The molecule has 1 atom stereocenters. The van der Waals surface area contributed by atoms with E-state index in [0.29, 0.717) is 11.6 Å². The zero-order valence-corrected chi connectivity index (χ0v) is 5.18. The first-order valence-corrected chi connectivity index (χ1v) is 3.89. The van der Waals surface area contributed by atoms with E-state index in [-0.39, 0.29) is 0 Å². The summed E-state index contributed by atoms with van der Waals surface area (Å²) in [6.07, 6.45) is 1.64. The van der Waals surface area contributed by atoms with Crippen LogP contribution in [0, 0.1) is 0 Å². The van der Waals surface area contributed by atoms with Crippen LogP contribution in [0.4, 0.5) is 0 Å². The molecule has 0 heterocycles. The molecule has 6 heavy (non-hydrogen) atoms. The average molecular weight is 127 g/mol. The van der Waals surface area contributed by atoms with Crippen LogP contribution in [0.2, 0.25) is 0 Å². The molecule has 0 saturated carbocycles. The van der Waals surface area contributed by atoms with Crippen molar-refractivity contribution >= 4 is 22.4 Å². The fourth-order valence-corrected chi connectivity index (χ4v) is 0.978. The lowest BCUT2D eigenvalue weighted by molar-refractivity contribution is 0.687. The molecular formula is C3H7ClOS. The predicted molar refractivity (Wildman–Crippen MR) is 29.7 cm³/mol. The first-order chi connectivity index (χ1) is 2.77. The lowest BCUT2D eigenvalue weighted by Crippen LogP contribution is -1.92. The Labute approximate surface area is 45.1 Å². The molecule has 0 amide bonds. The van der Waals surface area contributed by atoms with Crippen LogP contribution in [0.25, 0.3) is 0 Å². The highest BCUT2D eigenvalue weighted by molar-refractivity contribution is 7.84. The minimum absolute atomic E-state index is 0.503. The minimum atomic E-state index is -0.698. The van der Waals surface area contributed by atoms with Crippen LogP contribution < -0.4 is 0 Å². The van der Waals surface area contributed by atoms with Gasteiger partial charge in [0.25, 0.3) is 0 Å². The highest BCUT2D eigenvalue weighted by atomic mass is 35.5. The van der Waals surface area contributed by atoms with Gasteiger partial charge in [0, 0.05) is 28.7 Å². The molecule has 0 aliphatic rings. The zero-order chi connectivity index (χ0) is 4.99. The monoisotopic (exact) mass is 126 g/mol. The van der Waals surface area contributed by atoms with Crippen LogP contribution in [0.5, 0.6) is 0 Å². The lowest BCUT2D eigenvalue weighted by Gasteiger charge is -1.81. The third-order valence-corrected chi connectivity index (χ3v) is 1.56. The molecule has 0 unspecified atom stereocenters. The summed E-state index contributed by atoms with van der Waals surface area (Å²) in [6, 6.07) is 0. The van der Waals surface area contributed by atoms with E-state index in [2.05, 4.69) is 0 Å². The highest BCUT2D eigenvalue weighted by Crippen LogP contribution is 1.76. The lowest BCUT2D eigenvalue weighted by atomic mass is 11.0. The van der Waals surface area contributed by atoms with Crippen molar-refractivity contribution in [3.8, 4) is 0 Å². The molecule has 0 aromatic heterocycles. The minimum Gasteiger partial charge on any atom is -0.260 e.